The van der Waals surface area contributed by atoms with Crippen LogP contribution in [0, 0.1) is 0 Å². The number of nitrogens with zero attached hydrogens (tertiary/aromatic N) is 3. The number of nitrogens with two attached hydrogens (primary N) is 1. The average Bonchev–Trinajstić information content (AvgIpc) is 2.48. The summed E-state index contributed by atoms with van der Waals surface area (Å²) >= 11 is 0.577. The molecule has 0 spiro atoms. The molecule has 0 bridgehead atoms. The normalized spacial score (nSPS) is 15.5. The Morgan fingerprint density at radius 1 is 1.67 bits per heavy atom. The van der Waals surface area contributed by atoms with Crippen LogP contribution < -0.4 is 5.73 Å². The van der Waals surface area contributed by atoms with Gasteiger partial charge in [0.05, 0.1) is 6.33 Å². The van der Waals surface area contributed by atoms with Crippen molar-refractivity contribution in [2.24, 2.45) is 0 Å². The molecule has 62 valence electrons. The van der Waals surface area contributed by atoms with E-state index in [4.69, 9.17) is 9.85 Å². The van der Waals surface area contributed by atoms with E-state index in [0.717, 1.165) is 0 Å². The molecule has 0 aliphatic heterocycles. The van der Waals surface area contributed by atoms with Crippen molar-refractivity contribution >= 4 is 28.7 Å². The van der Waals surface area contributed by atoms with Crippen LogP contribution in [0.25, 0.3) is 11.2 Å². The number of nitrogen functional groups attached to an aromatic ring is 1. The van der Waals surface area contributed by atoms with Gasteiger partial charge in [-0.15, -0.1) is 0 Å². The van der Waals surface area contributed by atoms with E-state index in [1.54, 1.807) is 0 Å². The number of H-pyrrole nitrogens is 1. The van der Waals surface area contributed by atoms with Crippen molar-refractivity contribution in [1.29, 1.82) is 0 Å². The molecule has 2 rings (SSSR count). The van der Waals surface area contributed by atoms with Crippen molar-refractivity contribution in [1.82, 2.24) is 19.9 Å². The first-order valence-corrected chi connectivity index (χ1v) is 3.93. The maximum Gasteiger partial charge on any atom is 0.191 e. The van der Waals surface area contributed by atoms with E-state index >= 15 is 0 Å². The SMILES string of the molecule is [2H][13C]([2H])([2H])Sc1nc(N)c2[nH]cnc2n1. The van der Waals surface area contributed by atoms with Crippen LogP contribution in [-0.2, 0) is 0 Å². The first-order valence-electron chi connectivity index (χ1n) is 4.61. The van der Waals surface area contributed by atoms with Gasteiger partial charge in [0.15, 0.2) is 16.6 Å². The number of thioether (sulfide) groups is 1. The quantitative estimate of drug-likeness (QED) is 0.387. The second-order valence-corrected chi connectivity index (χ2v) is 2.66. The lowest BCUT2D eigenvalue weighted by atomic mass is 10.5. The highest BCUT2D eigenvalue weighted by Gasteiger charge is 2.05. The van der Waals surface area contributed by atoms with Gasteiger partial charge in [-0.1, -0.05) is 11.8 Å². The molecule has 12 heavy (non-hydrogen) atoms. The third kappa shape index (κ3) is 1.00. The summed E-state index contributed by atoms with van der Waals surface area (Å²) in [6.45, 7) is 0. The lowest BCUT2D eigenvalue weighted by molar-refractivity contribution is 1.01. The van der Waals surface area contributed by atoms with Gasteiger partial charge >= 0.3 is 0 Å². The maximum absolute atomic E-state index is 7.06. The van der Waals surface area contributed by atoms with E-state index in [2.05, 4.69) is 19.9 Å². The number of nitrogens with one attached hydrogen (secondary N) is 1. The zero-order chi connectivity index (χ0) is 11.1. The van der Waals surface area contributed by atoms with Crippen LogP contribution in [-0.4, -0.2) is 26.1 Å². The molecule has 0 atom stereocenters. The first-order chi connectivity index (χ1) is 6.96. The van der Waals surface area contributed by atoms with Gasteiger partial charge in [-0.25, -0.2) is 15.0 Å². The summed E-state index contributed by atoms with van der Waals surface area (Å²) in [5, 5.41) is 0.104. The predicted molar refractivity (Wildman–Crippen MR) is 47.9 cm³/mol. The Labute approximate surface area is 77.0 Å². The van der Waals surface area contributed by atoms with Gasteiger partial charge < -0.3 is 10.7 Å². The topological polar surface area (TPSA) is 80.5 Å². The molecule has 6 heteroatoms. The third-order valence-corrected chi connectivity index (χ3v) is 1.75. The zero-order valence-electron chi connectivity index (χ0n) is 8.90. The van der Waals surface area contributed by atoms with E-state index in [9.17, 15) is 0 Å². The number of fused-ring (bicyclic) bond motifs is 1. The highest BCUT2D eigenvalue weighted by molar-refractivity contribution is 7.98. The molecule has 0 fully saturated rings. The van der Waals surface area contributed by atoms with E-state index in [1.165, 1.54) is 6.33 Å². The van der Waals surface area contributed by atoms with Crippen molar-refractivity contribution in [3.8, 4) is 0 Å². The minimum atomic E-state index is -2.18. The van der Waals surface area contributed by atoms with Gasteiger partial charge in [-0.05, 0) is 6.18 Å². The number of hydrogen-bond acceptors (Lipinski definition) is 5. The summed E-state index contributed by atoms with van der Waals surface area (Å²) in [7, 11) is 0. The van der Waals surface area contributed by atoms with Gasteiger partial charge in [-0.2, -0.15) is 0 Å². The second kappa shape index (κ2) is 2.63. The highest BCUT2D eigenvalue weighted by atomic mass is 32.2. The molecule has 0 amide bonds. The standard InChI is InChI=1S/C6H7N5S/c1-12-6-10-4(7)3-5(11-6)9-2-8-3/h2H,1H3,(H3,7,8,9,10,11)/i1+1D3. The van der Waals surface area contributed by atoms with Gasteiger partial charge in [-0.3, -0.25) is 0 Å². The Balaban J connectivity index is 2.45. The van der Waals surface area contributed by atoms with E-state index in [-0.39, 0.29) is 11.0 Å². The second-order valence-electron chi connectivity index (χ2n) is 2.09. The van der Waals surface area contributed by atoms with Crippen molar-refractivity contribution < 1.29 is 4.11 Å². The Morgan fingerprint density at radius 3 is 3.42 bits per heavy atom. The fourth-order valence-corrected chi connectivity index (χ4v) is 1.16. The molecule has 0 aliphatic carbocycles. The molecular weight excluding hydrogens is 175 g/mol. The van der Waals surface area contributed by atoms with Crippen molar-refractivity contribution in [2.45, 2.75) is 5.16 Å². The minimum absolute atomic E-state index is 0.104. The van der Waals surface area contributed by atoms with Crippen LogP contribution in [0.1, 0.15) is 4.11 Å². The first kappa shape index (κ1) is 4.66. The lowest BCUT2D eigenvalue weighted by Gasteiger charge is -1.96. The Morgan fingerprint density at radius 2 is 2.58 bits per heavy atom. The van der Waals surface area contributed by atoms with Gasteiger partial charge in [0.1, 0.15) is 5.52 Å². The molecule has 0 saturated heterocycles. The average molecular weight is 185 g/mol. The smallest absolute Gasteiger partial charge is 0.191 e. The fraction of sp³-hybridized carbons (Fsp3) is 0.167. The van der Waals surface area contributed by atoms with Crippen molar-refractivity contribution in [2.75, 3.05) is 11.9 Å². The number of anilines is 1. The largest absolute Gasteiger partial charge is 0.382 e. The number of hydrogen-bond donors (Lipinski definition) is 2. The zero-order valence-corrected chi connectivity index (χ0v) is 6.72. The van der Waals surface area contributed by atoms with E-state index in [0.29, 0.717) is 22.9 Å². The molecule has 3 N–H and O–H groups in total. The van der Waals surface area contributed by atoms with Crippen LogP contribution in [0.3, 0.4) is 0 Å². The molecule has 0 unspecified atom stereocenters. The summed E-state index contributed by atoms with van der Waals surface area (Å²) < 4.78 is 21.2. The Bertz CT molecular complexity index is 493. The summed E-state index contributed by atoms with van der Waals surface area (Å²) in [6, 6.07) is 0. The highest BCUT2D eigenvalue weighted by Crippen LogP contribution is 2.17. The Kier molecular flexibility index (Phi) is 1.02. The molecular formula is C6H7N5S. The molecule has 2 heterocycles. The van der Waals surface area contributed by atoms with E-state index in [1.807, 2.05) is 0 Å². The van der Waals surface area contributed by atoms with Crippen LogP contribution >= 0.6 is 11.8 Å². The number of aromatic nitrogens is 4. The predicted octanol–water partition coefficient (Wildman–Crippen LogP) is 0.657. The summed E-state index contributed by atoms with van der Waals surface area (Å²) in [4.78, 5) is 14.5. The number of imidazole rings is 1. The molecule has 0 aromatic carbocycles. The molecule has 0 saturated carbocycles. The molecule has 5 nitrogen and oxygen atoms in total. The third-order valence-electron chi connectivity index (χ3n) is 1.38. The number of rotatable bonds is 1. The lowest BCUT2D eigenvalue weighted by Crippen LogP contribution is -1.95. The summed E-state index contributed by atoms with van der Waals surface area (Å²) in [6.07, 6.45) is -0.754. The molecule has 2 aromatic rings. The fourth-order valence-electron chi connectivity index (χ4n) is 0.881. The monoisotopic (exact) mass is 185 g/mol. The van der Waals surface area contributed by atoms with Gasteiger partial charge in [0.25, 0.3) is 0 Å². The molecule has 0 radical (unpaired) electrons. The maximum atomic E-state index is 7.06. The van der Waals surface area contributed by atoms with Crippen LogP contribution in [0.4, 0.5) is 5.82 Å². The van der Waals surface area contributed by atoms with Gasteiger partial charge in [0.2, 0.25) is 0 Å². The summed E-state index contributed by atoms with van der Waals surface area (Å²) in [5.74, 6) is 0.198. The summed E-state index contributed by atoms with van der Waals surface area (Å²) in [5.41, 5.74) is 6.49. The Hall–Kier alpha value is -1.30. The van der Waals surface area contributed by atoms with E-state index < -0.39 is 6.18 Å². The van der Waals surface area contributed by atoms with Gasteiger partial charge in [0, 0.05) is 4.11 Å². The van der Waals surface area contributed by atoms with Crippen molar-refractivity contribution in [3.05, 3.63) is 6.33 Å². The molecule has 0 aliphatic rings. The van der Waals surface area contributed by atoms with Crippen LogP contribution in [0.2, 0.25) is 0 Å². The minimum Gasteiger partial charge on any atom is -0.382 e. The van der Waals surface area contributed by atoms with Crippen molar-refractivity contribution in [3.63, 3.8) is 0 Å². The van der Waals surface area contributed by atoms with Crippen LogP contribution in [0.5, 0.6) is 0 Å². The molecule has 2 aromatic heterocycles. The number of aromatic amines is 1. The van der Waals surface area contributed by atoms with Crippen LogP contribution in [0.15, 0.2) is 11.5 Å².